The molecule has 19 heavy (non-hydrogen) atoms. The third kappa shape index (κ3) is 3.68. The van der Waals surface area contributed by atoms with E-state index in [0.29, 0.717) is 31.3 Å². The van der Waals surface area contributed by atoms with Crippen LogP contribution in [0.2, 0.25) is 0 Å². The summed E-state index contributed by atoms with van der Waals surface area (Å²) in [6, 6.07) is 3.85. The van der Waals surface area contributed by atoms with E-state index in [9.17, 15) is 0 Å². The fourth-order valence-corrected chi connectivity index (χ4v) is 2.74. The number of aromatic nitrogens is 1. The molecule has 2 N–H and O–H groups in total. The average Bonchev–Trinajstić information content (AvgIpc) is 2.91. The van der Waals surface area contributed by atoms with Crippen molar-refractivity contribution in [2.24, 2.45) is 5.73 Å². The molecule has 1 heterocycles. The van der Waals surface area contributed by atoms with Gasteiger partial charge in [-0.1, -0.05) is 0 Å². The molecule has 0 fully saturated rings. The molecule has 0 aliphatic rings. The van der Waals surface area contributed by atoms with Crippen LogP contribution in [0.25, 0.3) is 0 Å². The summed E-state index contributed by atoms with van der Waals surface area (Å²) in [5, 5.41) is 1.96. The van der Waals surface area contributed by atoms with Crippen LogP contribution >= 0.6 is 27.3 Å². The largest absolute Gasteiger partial charge is 0.490 e. The Morgan fingerprint density at radius 1 is 1.37 bits per heavy atom. The van der Waals surface area contributed by atoms with Crippen molar-refractivity contribution < 1.29 is 9.47 Å². The Hall–Kier alpha value is -1.11. The van der Waals surface area contributed by atoms with Gasteiger partial charge in [-0.2, -0.15) is 0 Å². The van der Waals surface area contributed by atoms with E-state index in [1.165, 1.54) is 0 Å². The zero-order chi connectivity index (χ0) is 13.7. The zero-order valence-corrected chi connectivity index (χ0v) is 13.0. The number of rotatable bonds is 6. The van der Waals surface area contributed by atoms with Gasteiger partial charge in [0.1, 0.15) is 6.61 Å². The molecular formula is C13H15BrN2O2S. The summed E-state index contributed by atoms with van der Waals surface area (Å²) in [5.41, 5.74) is 9.35. The van der Waals surface area contributed by atoms with Crippen molar-refractivity contribution in [3.63, 3.8) is 0 Å². The van der Waals surface area contributed by atoms with Gasteiger partial charge in [-0.15, -0.1) is 11.3 Å². The molecule has 0 amide bonds. The molecule has 0 radical (unpaired) electrons. The summed E-state index contributed by atoms with van der Waals surface area (Å²) in [7, 11) is 0. The maximum Gasteiger partial charge on any atom is 0.175 e. The van der Waals surface area contributed by atoms with E-state index in [1.54, 1.807) is 16.8 Å². The van der Waals surface area contributed by atoms with E-state index in [4.69, 9.17) is 15.2 Å². The van der Waals surface area contributed by atoms with E-state index >= 15 is 0 Å². The van der Waals surface area contributed by atoms with Crippen molar-refractivity contribution in [3.8, 4) is 11.5 Å². The Morgan fingerprint density at radius 3 is 2.84 bits per heavy atom. The lowest BCUT2D eigenvalue weighted by molar-refractivity contribution is 0.265. The van der Waals surface area contributed by atoms with E-state index in [0.717, 1.165) is 15.7 Å². The standard InChI is InChI=1S/C13H15BrN2O2S/c1-2-17-12-4-9(5-15)3-11(14)13(12)18-6-10-7-19-8-16-10/h3-4,7-8H,2,5-6,15H2,1H3. The maximum atomic E-state index is 5.80. The first-order chi connectivity index (χ1) is 9.24. The predicted octanol–water partition coefficient (Wildman–Crippen LogP) is 3.34. The topological polar surface area (TPSA) is 57.4 Å². The van der Waals surface area contributed by atoms with Gasteiger partial charge >= 0.3 is 0 Å². The molecule has 0 aliphatic heterocycles. The van der Waals surface area contributed by atoms with Crippen molar-refractivity contribution in [1.82, 2.24) is 4.98 Å². The number of benzene rings is 1. The molecule has 102 valence electrons. The summed E-state index contributed by atoms with van der Waals surface area (Å²) in [4.78, 5) is 4.19. The highest BCUT2D eigenvalue weighted by Crippen LogP contribution is 2.37. The third-order valence-corrected chi connectivity index (χ3v) is 3.68. The van der Waals surface area contributed by atoms with Gasteiger partial charge in [0.25, 0.3) is 0 Å². The van der Waals surface area contributed by atoms with Crippen LogP contribution in [0.5, 0.6) is 11.5 Å². The van der Waals surface area contributed by atoms with E-state index in [1.807, 2.05) is 24.4 Å². The summed E-state index contributed by atoms with van der Waals surface area (Å²) in [6.45, 7) is 3.40. The van der Waals surface area contributed by atoms with Crippen molar-refractivity contribution in [2.75, 3.05) is 6.61 Å². The van der Waals surface area contributed by atoms with Crippen LogP contribution < -0.4 is 15.2 Å². The highest BCUT2D eigenvalue weighted by Gasteiger charge is 2.12. The average molecular weight is 343 g/mol. The number of nitrogens with zero attached hydrogens (tertiary/aromatic N) is 1. The summed E-state index contributed by atoms with van der Waals surface area (Å²) in [6.07, 6.45) is 0. The molecule has 2 rings (SSSR count). The fourth-order valence-electron chi connectivity index (χ4n) is 1.60. The van der Waals surface area contributed by atoms with E-state index in [-0.39, 0.29) is 0 Å². The zero-order valence-electron chi connectivity index (χ0n) is 10.6. The van der Waals surface area contributed by atoms with E-state index < -0.39 is 0 Å². The highest BCUT2D eigenvalue weighted by atomic mass is 79.9. The second-order valence-corrected chi connectivity index (χ2v) is 5.38. The highest BCUT2D eigenvalue weighted by molar-refractivity contribution is 9.10. The molecule has 2 aromatic rings. The minimum atomic E-state index is 0.421. The van der Waals surface area contributed by atoms with Crippen LogP contribution in [0.15, 0.2) is 27.5 Å². The molecule has 6 heteroatoms. The van der Waals surface area contributed by atoms with Gasteiger partial charge in [0, 0.05) is 11.9 Å². The maximum absolute atomic E-state index is 5.80. The molecule has 1 aromatic heterocycles. The Balaban J connectivity index is 2.21. The van der Waals surface area contributed by atoms with Gasteiger partial charge in [-0.3, -0.25) is 0 Å². The van der Waals surface area contributed by atoms with Crippen molar-refractivity contribution in [1.29, 1.82) is 0 Å². The molecule has 0 spiro atoms. The number of nitrogens with two attached hydrogens (primary N) is 1. The third-order valence-electron chi connectivity index (χ3n) is 2.45. The van der Waals surface area contributed by atoms with Gasteiger partial charge in [-0.25, -0.2) is 4.98 Å². The molecule has 4 nitrogen and oxygen atoms in total. The second kappa shape index (κ2) is 6.88. The number of hydrogen-bond donors (Lipinski definition) is 1. The first-order valence-corrected chi connectivity index (χ1v) is 7.63. The lowest BCUT2D eigenvalue weighted by Crippen LogP contribution is -2.03. The molecular weight excluding hydrogens is 328 g/mol. The van der Waals surface area contributed by atoms with Crippen LogP contribution in [0, 0.1) is 0 Å². The van der Waals surface area contributed by atoms with Crippen molar-refractivity contribution in [3.05, 3.63) is 38.8 Å². The summed E-state index contributed by atoms with van der Waals surface area (Å²) in [5.74, 6) is 1.39. The SMILES string of the molecule is CCOc1cc(CN)cc(Br)c1OCc1cscn1. The Kier molecular flexibility index (Phi) is 5.18. The minimum Gasteiger partial charge on any atom is -0.490 e. The number of thiazole rings is 1. The first kappa shape index (κ1) is 14.3. The monoisotopic (exact) mass is 342 g/mol. The Morgan fingerprint density at radius 2 is 2.21 bits per heavy atom. The van der Waals surface area contributed by atoms with Crippen LogP contribution in [-0.4, -0.2) is 11.6 Å². The lowest BCUT2D eigenvalue weighted by atomic mass is 10.2. The molecule has 1 aromatic carbocycles. The van der Waals surface area contributed by atoms with E-state index in [2.05, 4.69) is 20.9 Å². The van der Waals surface area contributed by atoms with Gasteiger partial charge in [0.15, 0.2) is 11.5 Å². The quantitative estimate of drug-likeness (QED) is 0.874. The van der Waals surface area contributed by atoms with Crippen LogP contribution in [-0.2, 0) is 13.2 Å². The Labute approximate surface area is 124 Å². The predicted molar refractivity (Wildman–Crippen MR) is 79.6 cm³/mol. The first-order valence-electron chi connectivity index (χ1n) is 5.89. The molecule has 0 saturated carbocycles. The number of ether oxygens (including phenoxy) is 2. The minimum absolute atomic E-state index is 0.421. The molecule has 0 unspecified atom stereocenters. The van der Waals surface area contributed by atoms with Gasteiger partial charge in [0.05, 0.1) is 22.3 Å². The summed E-state index contributed by atoms with van der Waals surface area (Å²) >= 11 is 5.04. The molecule has 0 saturated heterocycles. The molecule has 0 aliphatic carbocycles. The second-order valence-electron chi connectivity index (χ2n) is 3.81. The Bertz CT molecular complexity index is 532. The smallest absolute Gasteiger partial charge is 0.175 e. The van der Waals surface area contributed by atoms with Gasteiger partial charge in [0.2, 0.25) is 0 Å². The van der Waals surface area contributed by atoms with Crippen LogP contribution in [0.3, 0.4) is 0 Å². The van der Waals surface area contributed by atoms with Gasteiger partial charge < -0.3 is 15.2 Å². The molecule has 0 atom stereocenters. The summed E-state index contributed by atoms with van der Waals surface area (Å²) < 4.78 is 12.2. The van der Waals surface area contributed by atoms with Crippen molar-refractivity contribution in [2.45, 2.75) is 20.1 Å². The molecule has 0 bridgehead atoms. The van der Waals surface area contributed by atoms with Crippen LogP contribution in [0.4, 0.5) is 0 Å². The lowest BCUT2D eigenvalue weighted by Gasteiger charge is -2.14. The van der Waals surface area contributed by atoms with Crippen molar-refractivity contribution >= 4 is 27.3 Å². The normalized spacial score (nSPS) is 10.5. The number of hydrogen-bond acceptors (Lipinski definition) is 5. The van der Waals surface area contributed by atoms with Crippen LogP contribution in [0.1, 0.15) is 18.2 Å². The number of halogens is 1. The fraction of sp³-hybridized carbons (Fsp3) is 0.308. The van der Waals surface area contributed by atoms with Gasteiger partial charge in [-0.05, 0) is 40.5 Å².